The highest BCUT2D eigenvalue weighted by atomic mass is 16.1. The topological polar surface area (TPSA) is 58.1 Å². The summed E-state index contributed by atoms with van der Waals surface area (Å²) in [4.78, 5) is 26.4. The first-order chi connectivity index (χ1) is 6.22. The van der Waals surface area contributed by atoms with Crippen molar-refractivity contribution in [1.82, 2.24) is 14.5 Å². The van der Waals surface area contributed by atoms with Crippen LogP contribution >= 0.6 is 0 Å². The lowest BCUT2D eigenvalue weighted by Gasteiger charge is -2.05. The number of aldehydes is 1. The molecule has 2 rings (SSSR count). The van der Waals surface area contributed by atoms with Crippen LogP contribution in [-0.2, 0) is 24.4 Å². The van der Waals surface area contributed by atoms with Gasteiger partial charge < -0.3 is 9.78 Å². The molecule has 0 unspecified atom stereocenters. The summed E-state index contributed by atoms with van der Waals surface area (Å²) < 4.78 is 1.49. The molecule has 5 nitrogen and oxygen atoms in total. The van der Waals surface area contributed by atoms with E-state index in [-0.39, 0.29) is 12.2 Å². The average Bonchev–Trinajstić information content (AvgIpc) is 2.52. The van der Waals surface area contributed by atoms with E-state index >= 15 is 0 Å². The second-order valence-corrected chi connectivity index (χ2v) is 3.30. The fraction of sp³-hybridized carbons (Fsp3) is 0.500. The normalized spacial score (nSPS) is 16.1. The third-order valence-corrected chi connectivity index (χ3v) is 2.28. The molecule has 0 spiro atoms. The molecule has 0 radical (unpaired) electrons. The van der Waals surface area contributed by atoms with Gasteiger partial charge in [0.2, 0.25) is 0 Å². The van der Waals surface area contributed by atoms with Crippen LogP contribution < -0.4 is 5.69 Å². The SMILES string of the molecule is CN1Cc2[nH]c(=O)n(CC=O)c2C1. The van der Waals surface area contributed by atoms with E-state index in [1.807, 2.05) is 7.05 Å². The maximum absolute atomic E-state index is 11.3. The standard InChI is InChI=1S/C8H11N3O2/c1-10-4-6-7(5-10)11(2-3-12)8(13)9-6/h3H,2,4-5H2,1H3,(H,9,13). The van der Waals surface area contributed by atoms with Gasteiger partial charge in [-0.1, -0.05) is 0 Å². The van der Waals surface area contributed by atoms with Gasteiger partial charge in [-0.15, -0.1) is 0 Å². The summed E-state index contributed by atoms with van der Waals surface area (Å²) in [5.41, 5.74) is 1.71. The highest BCUT2D eigenvalue weighted by Gasteiger charge is 2.21. The van der Waals surface area contributed by atoms with Crippen LogP contribution in [0.5, 0.6) is 0 Å². The minimum Gasteiger partial charge on any atom is -0.308 e. The van der Waals surface area contributed by atoms with Crippen molar-refractivity contribution in [2.45, 2.75) is 19.6 Å². The molecule has 5 heteroatoms. The van der Waals surface area contributed by atoms with Crippen molar-refractivity contribution in [2.75, 3.05) is 7.05 Å². The zero-order chi connectivity index (χ0) is 9.42. The molecule has 0 aliphatic carbocycles. The molecule has 0 fully saturated rings. The monoisotopic (exact) mass is 181 g/mol. The summed E-state index contributed by atoms with van der Waals surface area (Å²) in [6.45, 7) is 1.65. The number of aromatic amines is 1. The fourth-order valence-electron chi connectivity index (χ4n) is 1.71. The molecular weight excluding hydrogens is 170 g/mol. The lowest BCUT2D eigenvalue weighted by molar-refractivity contribution is -0.108. The van der Waals surface area contributed by atoms with Gasteiger partial charge in [-0.2, -0.15) is 0 Å². The van der Waals surface area contributed by atoms with Gasteiger partial charge in [0.15, 0.2) is 0 Å². The number of fused-ring (bicyclic) bond motifs is 1. The molecule has 0 saturated carbocycles. The number of carbonyl (C=O) groups excluding carboxylic acids is 1. The highest BCUT2D eigenvalue weighted by molar-refractivity contribution is 5.49. The fourth-order valence-corrected chi connectivity index (χ4v) is 1.71. The summed E-state index contributed by atoms with van der Waals surface area (Å²) in [6.07, 6.45) is 0.744. The van der Waals surface area contributed by atoms with Gasteiger partial charge in [0.05, 0.1) is 17.9 Å². The molecule has 1 aliphatic rings. The lowest BCUT2D eigenvalue weighted by Crippen LogP contribution is -2.22. The summed E-state index contributed by atoms with van der Waals surface area (Å²) in [6, 6.07) is 0. The lowest BCUT2D eigenvalue weighted by atomic mass is 10.4. The van der Waals surface area contributed by atoms with Crippen molar-refractivity contribution < 1.29 is 4.79 Å². The number of aromatic nitrogens is 2. The number of rotatable bonds is 2. The minimum atomic E-state index is -0.176. The number of hydrogen-bond acceptors (Lipinski definition) is 3. The molecule has 1 aliphatic heterocycles. The van der Waals surface area contributed by atoms with Gasteiger partial charge in [-0.05, 0) is 7.05 Å². The Morgan fingerprint density at radius 1 is 1.54 bits per heavy atom. The molecular formula is C8H11N3O2. The first kappa shape index (κ1) is 8.25. The zero-order valence-electron chi connectivity index (χ0n) is 7.41. The second kappa shape index (κ2) is 2.85. The van der Waals surface area contributed by atoms with Gasteiger partial charge in [-0.3, -0.25) is 9.47 Å². The van der Waals surface area contributed by atoms with Crippen LogP contribution in [0.25, 0.3) is 0 Å². The van der Waals surface area contributed by atoms with Crippen LogP contribution in [0.4, 0.5) is 0 Å². The van der Waals surface area contributed by atoms with E-state index in [9.17, 15) is 9.59 Å². The summed E-state index contributed by atoms with van der Waals surface area (Å²) in [5, 5.41) is 0. The summed E-state index contributed by atoms with van der Waals surface area (Å²) >= 11 is 0. The van der Waals surface area contributed by atoms with Crippen LogP contribution in [0.15, 0.2) is 4.79 Å². The molecule has 1 aromatic heterocycles. The van der Waals surface area contributed by atoms with Gasteiger partial charge >= 0.3 is 5.69 Å². The number of imidazole rings is 1. The Labute approximate surface area is 75.0 Å². The van der Waals surface area contributed by atoms with Crippen molar-refractivity contribution in [1.29, 1.82) is 0 Å². The highest BCUT2D eigenvalue weighted by Crippen LogP contribution is 2.17. The van der Waals surface area contributed by atoms with Crippen molar-refractivity contribution in [3.63, 3.8) is 0 Å². The Bertz CT molecular complexity index is 391. The van der Waals surface area contributed by atoms with Crippen LogP contribution in [0.1, 0.15) is 11.4 Å². The van der Waals surface area contributed by atoms with Gasteiger partial charge in [0.25, 0.3) is 0 Å². The largest absolute Gasteiger partial charge is 0.326 e. The number of H-pyrrole nitrogens is 1. The Hall–Kier alpha value is -1.36. The van der Waals surface area contributed by atoms with Crippen molar-refractivity contribution >= 4 is 6.29 Å². The Morgan fingerprint density at radius 2 is 2.31 bits per heavy atom. The molecule has 13 heavy (non-hydrogen) atoms. The van der Waals surface area contributed by atoms with E-state index in [0.717, 1.165) is 30.8 Å². The summed E-state index contributed by atoms with van der Waals surface area (Å²) in [5.74, 6) is 0. The van der Waals surface area contributed by atoms with E-state index in [4.69, 9.17) is 0 Å². The molecule has 1 aromatic rings. The first-order valence-corrected chi connectivity index (χ1v) is 4.15. The van der Waals surface area contributed by atoms with Crippen LogP contribution in [0.2, 0.25) is 0 Å². The van der Waals surface area contributed by atoms with Crippen molar-refractivity contribution in [3.05, 3.63) is 21.9 Å². The zero-order valence-corrected chi connectivity index (χ0v) is 7.41. The third kappa shape index (κ3) is 1.21. The predicted octanol–water partition coefficient (Wildman–Crippen LogP) is -0.679. The van der Waals surface area contributed by atoms with Crippen LogP contribution in [0, 0.1) is 0 Å². The molecule has 0 aromatic carbocycles. The molecule has 70 valence electrons. The van der Waals surface area contributed by atoms with E-state index < -0.39 is 0 Å². The molecule has 0 bridgehead atoms. The van der Waals surface area contributed by atoms with E-state index in [2.05, 4.69) is 9.88 Å². The second-order valence-electron chi connectivity index (χ2n) is 3.30. The Balaban J connectivity index is 2.46. The summed E-state index contributed by atoms with van der Waals surface area (Å²) in [7, 11) is 1.98. The van der Waals surface area contributed by atoms with E-state index in [1.165, 1.54) is 4.57 Å². The van der Waals surface area contributed by atoms with E-state index in [0.29, 0.717) is 0 Å². The molecule has 2 heterocycles. The van der Waals surface area contributed by atoms with Crippen molar-refractivity contribution in [2.24, 2.45) is 0 Å². The Morgan fingerprint density at radius 3 is 3.00 bits per heavy atom. The smallest absolute Gasteiger partial charge is 0.308 e. The maximum Gasteiger partial charge on any atom is 0.326 e. The molecule has 1 N–H and O–H groups in total. The van der Waals surface area contributed by atoms with Crippen molar-refractivity contribution in [3.8, 4) is 0 Å². The van der Waals surface area contributed by atoms with Gasteiger partial charge in [0, 0.05) is 13.1 Å². The third-order valence-electron chi connectivity index (χ3n) is 2.28. The molecule has 0 saturated heterocycles. The van der Waals surface area contributed by atoms with Gasteiger partial charge in [-0.25, -0.2) is 4.79 Å². The predicted molar refractivity (Wildman–Crippen MR) is 46.3 cm³/mol. The minimum absolute atomic E-state index is 0.151. The molecule has 0 atom stereocenters. The number of carbonyl (C=O) groups is 1. The number of nitrogens with zero attached hydrogens (tertiary/aromatic N) is 2. The molecule has 0 amide bonds. The maximum atomic E-state index is 11.3. The first-order valence-electron chi connectivity index (χ1n) is 4.15. The van der Waals surface area contributed by atoms with E-state index in [1.54, 1.807) is 0 Å². The van der Waals surface area contributed by atoms with Gasteiger partial charge in [0.1, 0.15) is 6.29 Å². The number of hydrogen-bond donors (Lipinski definition) is 1. The quantitative estimate of drug-likeness (QED) is 0.615. The van der Waals surface area contributed by atoms with Crippen LogP contribution in [0.3, 0.4) is 0 Å². The number of nitrogens with one attached hydrogen (secondary N) is 1. The average molecular weight is 181 g/mol. The Kier molecular flexibility index (Phi) is 1.81. The van der Waals surface area contributed by atoms with Crippen LogP contribution in [-0.4, -0.2) is 27.8 Å².